The van der Waals surface area contributed by atoms with Gasteiger partial charge in [0.05, 0.1) is 18.5 Å². The fraction of sp³-hybridized carbons (Fsp3) is 0.538. The highest BCUT2D eigenvalue weighted by Crippen LogP contribution is 2.22. The largest absolute Gasteiger partial charge is 0.383 e. The normalized spacial score (nSPS) is 11.3. The van der Waals surface area contributed by atoms with Crippen LogP contribution >= 0.6 is 11.3 Å². The number of aromatic nitrogens is 2. The molecule has 0 N–H and O–H groups in total. The summed E-state index contributed by atoms with van der Waals surface area (Å²) in [5.41, 5.74) is 0.0600. The molecule has 2 aromatic heterocycles. The van der Waals surface area contributed by atoms with Crippen LogP contribution in [0.4, 0.5) is 0 Å². The van der Waals surface area contributed by atoms with Gasteiger partial charge in [0.15, 0.2) is 0 Å². The van der Waals surface area contributed by atoms with Gasteiger partial charge >= 0.3 is 0 Å². The molecule has 2 rings (SSSR count). The van der Waals surface area contributed by atoms with Crippen molar-refractivity contribution in [1.82, 2.24) is 9.55 Å². The summed E-state index contributed by atoms with van der Waals surface area (Å²) in [6.45, 7) is 5.21. The molecule has 4 nitrogen and oxygen atoms in total. The number of hydrogen-bond donors (Lipinski definition) is 0. The highest BCUT2D eigenvalue weighted by molar-refractivity contribution is 7.18. The first kappa shape index (κ1) is 13.2. The molecule has 0 aliphatic carbocycles. The van der Waals surface area contributed by atoms with Gasteiger partial charge < -0.3 is 4.74 Å². The van der Waals surface area contributed by atoms with Gasteiger partial charge in [0.1, 0.15) is 10.7 Å². The lowest BCUT2D eigenvalue weighted by molar-refractivity contribution is 0.185. The maximum atomic E-state index is 12.4. The van der Waals surface area contributed by atoms with Crippen LogP contribution in [0.15, 0.2) is 10.9 Å². The topological polar surface area (TPSA) is 44.1 Å². The van der Waals surface area contributed by atoms with Crippen molar-refractivity contribution in [1.29, 1.82) is 0 Å². The van der Waals surface area contributed by atoms with E-state index in [-0.39, 0.29) is 5.56 Å². The summed E-state index contributed by atoms with van der Waals surface area (Å²) >= 11 is 1.62. The minimum Gasteiger partial charge on any atom is -0.383 e. The summed E-state index contributed by atoms with van der Waals surface area (Å²) in [6, 6.07) is 1.97. The van der Waals surface area contributed by atoms with Crippen molar-refractivity contribution < 1.29 is 4.74 Å². The summed E-state index contributed by atoms with van der Waals surface area (Å²) in [7, 11) is 1.64. The van der Waals surface area contributed by atoms with E-state index in [1.54, 1.807) is 23.0 Å². The van der Waals surface area contributed by atoms with Crippen LogP contribution in [-0.4, -0.2) is 23.3 Å². The first-order valence-corrected chi connectivity index (χ1v) is 7.04. The van der Waals surface area contributed by atoms with Gasteiger partial charge in [-0.05, 0) is 12.5 Å². The Morgan fingerprint density at radius 1 is 1.39 bits per heavy atom. The maximum Gasteiger partial charge on any atom is 0.262 e. The van der Waals surface area contributed by atoms with Crippen molar-refractivity contribution in [3.8, 4) is 0 Å². The summed E-state index contributed by atoms with van der Waals surface area (Å²) < 4.78 is 6.79. The van der Waals surface area contributed by atoms with Gasteiger partial charge in [-0.2, -0.15) is 0 Å². The second-order valence-electron chi connectivity index (χ2n) is 4.12. The predicted molar refractivity (Wildman–Crippen MR) is 74.5 cm³/mol. The second-order valence-corrected chi connectivity index (χ2v) is 5.23. The average molecular weight is 266 g/mol. The van der Waals surface area contributed by atoms with Crippen LogP contribution in [0.5, 0.6) is 0 Å². The van der Waals surface area contributed by atoms with Crippen LogP contribution < -0.4 is 5.56 Å². The zero-order valence-corrected chi connectivity index (χ0v) is 11.8. The third kappa shape index (κ3) is 2.33. The molecule has 0 spiro atoms. The molecular formula is C13H18N2O2S. The van der Waals surface area contributed by atoms with Crippen LogP contribution in [0.25, 0.3) is 10.2 Å². The molecule has 18 heavy (non-hydrogen) atoms. The minimum atomic E-state index is 0.0600. The van der Waals surface area contributed by atoms with Crippen LogP contribution in [0.2, 0.25) is 0 Å². The highest BCUT2D eigenvalue weighted by atomic mass is 32.1. The molecule has 0 saturated heterocycles. The molecular weight excluding hydrogens is 248 g/mol. The molecule has 0 saturated carbocycles. The third-order valence-corrected chi connectivity index (χ3v) is 4.14. The predicted octanol–water partition coefficient (Wildman–Crippen LogP) is 2.23. The van der Waals surface area contributed by atoms with E-state index >= 15 is 0 Å². The van der Waals surface area contributed by atoms with Crippen LogP contribution in [0, 0.1) is 0 Å². The molecule has 0 fully saturated rings. The molecule has 2 aromatic rings. The maximum absolute atomic E-state index is 12.4. The van der Waals surface area contributed by atoms with E-state index in [9.17, 15) is 4.79 Å². The van der Waals surface area contributed by atoms with Crippen LogP contribution in [-0.2, 0) is 24.1 Å². The Hall–Kier alpha value is -1.20. The number of aryl methyl sites for hydroxylation is 2. The Kier molecular flexibility index (Phi) is 4.14. The van der Waals surface area contributed by atoms with Crippen molar-refractivity contribution in [2.45, 2.75) is 33.2 Å². The summed E-state index contributed by atoms with van der Waals surface area (Å²) in [5.74, 6) is 0.842. The lowest BCUT2D eigenvalue weighted by Crippen LogP contribution is -2.26. The van der Waals surface area contributed by atoms with Crippen molar-refractivity contribution in [2.24, 2.45) is 0 Å². The number of ether oxygens (including phenoxy) is 1. The Morgan fingerprint density at radius 2 is 2.17 bits per heavy atom. The molecule has 0 amide bonds. The molecule has 0 aromatic carbocycles. The van der Waals surface area contributed by atoms with E-state index < -0.39 is 0 Å². The fourth-order valence-electron chi connectivity index (χ4n) is 1.97. The molecule has 98 valence electrons. The van der Waals surface area contributed by atoms with Crippen LogP contribution in [0.3, 0.4) is 0 Å². The fourth-order valence-corrected chi connectivity index (χ4v) is 2.94. The quantitative estimate of drug-likeness (QED) is 0.833. The van der Waals surface area contributed by atoms with Gasteiger partial charge in [0, 0.05) is 18.4 Å². The molecule has 0 aliphatic heterocycles. The van der Waals surface area contributed by atoms with E-state index in [1.165, 1.54) is 4.88 Å². The van der Waals surface area contributed by atoms with E-state index in [0.29, 0.717) is 13.2 Å². The SMILES string of the molecule is CCc1cc2c(=O)n(CCOC)c(CC)nc2s1. The monoisotopic (exact) mass is 266 g/mol. The number of methoxy groups -OCH3 is 1. The molecule has 2 heterocycles. The summed E-state index contributed by atoms with van der Waals surface area (Å²) in [6.07, 6.45) is 1.70. The minimum absolute atomic E-state index is 0.0600. The number of nitrogens with zero attached hydrogens (tertiary/aromatic N) is 2. The zero-order valence-electron chi connectivity index (χ0n) is 11.0. The van der Waals surface area contributed by atoms with Gasteiger partial charge in [0.25, 0.3) is 5.56 Å². The molecule has 0 unspecified atom stereocenters. The van der Waals surface area contributed by atoms with E-state index in [1.807, 2.05) is 13.0 Å². The highest BCUT2D eigenvalue weighted by Gasteiger charge is 2.12. The number of rotatable bonds is 5. The van der Waals surface area contributed by atoms with Gasteiger partial charge in [-0.1, -0.05) is 13.8 Å². The lowest BCUT2D eigenvalue weighted by Gasteiger charge is -2.10. The first-order valence-electron chi connectivity index (χ1n) is 6.22. The molecule has 5 heteroatoms. The van der Waals surface area contributed by atoms with Gasteiger partial charge in [0.2, 0.25) is 0 Å². The number of thiophene rings is 1. The van der Waals surface area contributed by atoms with Crippen molar-refractivity contribution in [3.05, 3.63) is 27.1 Å². The summed E-state index contributed by atoms with van der Waals surface area (Å²) in [5, 5.41) is 0.741. The molecule has 0 atom stereocenters. The molecule has 0 aliphatic rings. The summed E-state index contributed by atoms with van der Waals surface area (Å²) in [4.78, 5) is 19.1. The Morgan fingerprint density at radius 3 is 2.78 bits per heavy atom. The van der Waals surface area contributed by atoms with Gasteiger partial charge in [-0.15, -0.1) is 11.3 Å². The second kappa shape index (κ2) is 5.63. The standard InChI is InChI=1S/C13H18N2O2S/c1-4-9-8-10-12(18-9)14-11(5-2)15(13(10)16)6-7-17-3/h8H,4-7H2,1-3H3. The lowest BCUT2D eigenvalue weighted by atomic mass is 10.3. The Labute approximate surface area is 110 Å². The first-order chi connectivity index (χ1) is 8.71. The number of hydrogen-bond acceptors (Lipinski definition) is 4. The Bertz CT molecular complexity index is 601. The molecule has 0 bridgehead atoms. The van der Waals surface area contributed by atoms with Crippen molar-refractivity contribution in [2.75, 3.05) is 13.7 Å². The van der Waals surface area contributed by atoms with E-state index in [4.69, 9.17) is 4.74 Å². The van der Waals surface area contributed by atoms with Crippen molar-refractivity contribution >= 4 is 21.6 Å². The number of fused-ring (bicyclic) bond motifs is 1. The van der Waals surface area contributed by atoms with E-state index in [0.717, 1.165) is 28.9 Å². The Balaban J connectivity index is 2.60. The van der Waals surface area contributed by atoms with Crippen LogP contribution in [0.1, 0.15) is 24.5 Å². The van der Waals surface area contributed by atoms with Crippen molar-refractivity contribution in [3.63, 3.8) is 0 Å². The zero-order chi connectivity index (χ0) is 13.1. The third-order valence-electron chi connectivity index (χ3n) is 2.96. The average Bonchev–Trinajstić information content (AvgIpc) is 2.80. The smallest absolute Gasteiger partial charge is 0.262 e. The van der Waals surface area contributed by atoms with Gasteiger partial charge in [-0.25, -0.2) is 4.98 Å². The molecule has 0 radical (unpaired) electrons. The van der Waals surface area contributed by atoms with E-state index in [2.05, 4.69) is 11.9 Å². The van der Waals surface area contributed by atoms with Gasteiger partial charge in [-0.3, -0.25) is 9.36 Å².